The van der Waals surface area contributed by atoms with Gasteiger partial charge in [-0.2, -0.15) is 0 Å². The number of nitrogens with one attached hydrogen (secondary N) is 1. The molecule has 1 saturated heterocycles. The second-order valence-corrected chi connectivity index (χ2v) is 6.06. The van der Waals surface area contributed by atoms with E-state index in [4.69, 9.17) is 0 Å². The predicted molar refractivity (Wildman–Crippen MR) is 80.8 cm³/mol. The summed E-state index contributed by atoms with van der Waals surface area (Å²) in [6, 6.07) is 5.58. The monoisotopic (exact) mass is 351 g/mol. The van der Waals surface area contributed by atoms with Crippen LogP contribution in [0.15, 0.2) is 27.5 Å². The summed E-state index contributed by atoms with van der Waals surface area (Å²) in [4.78, 5) is 35.4. The summed E-state index contributed by atoms with van der Waals surface area (Å²) in [6.07, 6.45) is 0.793. The zero-order valence-corrected chi connectivity index (χ0v) is 13.0. The Balaban J connectivity index is 2.04. The van der Waals surface area contributed by atoms with Crippen molar-refractivity contribution in [1.29, 1.82) is 0 Å². The van der Waals surface area contributed by atoms with Gasteiger partial charge < -0.3 is 0 Å². The molecule has 1 N–H and O–H groups in total. The quantitative estimate of drug-likeness (QED) is 0.825. The molecule has 1 atom stereocenters. The third-order valence-electron chi connectivity index (χ3n) is 3.87. The Hall–Kier alpha value is -1.89. The van der Waals surface area contributed by atoms with Gasteiger partial charge in [0.1, 0.15) is 0 Å². The fraction of sp³-hybridized carbons (Fsp3) is 0.357. The van der Waals surface area contributed by atoms with Crippen molar-refractivity contribution in [2.24, 2.45) is 13.0 Å². The molecule has 1 unspecified atom stereocenters. The smallest absolute Gasteiger partial charge is 0.296 e. The second kappa shape index (κ2) is 5.14. The number of nitrogens with zero attached hydrogens (tertiary/aromatic N) is 2. The molecule has 7 heteroatoms. The van der Waals surface area contributed by atoms with Crippen LogP contribution in [0.1, 0.15) is 12.8 Å². The molecule has 1 aromatic carbocycles. The summed E-state index contributed by atoms with van der Waals surface area (Å²) < 4.78 is 3.99. The van der Waals surface area contributed by atoms with Crippen LogP contribution in [0, 0.1) is 5.92 Å². The number of aryl methyl sites for hydroxylation is 1. The van der Waals surface area contributed by atoms with E-state index in [2.05, 4.69) is 21.2 Å². The van der Waals surface area contributed by atoms with Crippen LogP contribution in [-0.4, -0.2) is 20.9 Å². The number of piperidine rings is 1. The predicted octanol–water partition coefficient (Wildman–Crippen LogP) is 1.16. The van der Waals surface area contributed by atoms with Gasteiger partial charge in [0.25, 0.3) is 0 Å². The molecule has 2 aromatic rings. The van der Waals surface area contributed by atoms with Gasteiger partial charge in [0.2, 0.25) is 11.8 Å². The van der Waals surface area contributed by atoms with Crippen molar-refractivity contribution in [3.63, 3.8) is 0 Å². The van der Waals surface area contributed by atoms with Gasteiger partial charge in [-0.1, -0.05) is 6.07 Å². The number of imidazole rings is 1. The van der Waals surface area contributed by atoms with Crippen LogP contribution in [0.4, 0.5) is 0 Å². The van der Waals surface area contributed by atoms with E-state index in [1.165, 1.54) is 0 Å². The lowest BCUT2D eigenvalue weighted by molar-refractivity contribution is -0.136. The largest absolute Gasteiger partial charge is 0.328 e. The molecular weight excluding hydrogens is 338 g/mol. The van der Waals surface area contributed by atoms with Crippen molar-refractivity contribution in [3.8, 4) is 0 Å². The minimum atomic E-state index is -0.356. The molecule has 0 radical (unpaired) electrons. The lowest BCUT2D eigenvalue weighted by Crippen LogP contribution is -2.43. The number of halogens is 1. The SMILES string of the molecule is Cn1c(=O)n(CC2CCC(=O)NC2=O)c2cccc(Br)c21. The number of amides is 2. The van der Waals surface area contributed by atoms with Gasteiger partial charge in [0.15, 0.2) is 0 Å². The van der Waals surface area contributed by atoms with Crippen LogP contribution in [-0.2, 0) is 23.2 Å². The molecule has 0 aliphatic carbocycles. The highest BCUT2D eigenvalue weighted by molar-refractivity contribution is 9.10. The van der Waals surface area contributed by atoms with Crippen molar-refractivity contribution >= 4 is 38.8 Å². The number of rotatable bonds is 2. The minimum Gasteiger partial charge on any atom is -0.296 e. The van der Waals surface area contributed by atoms with Crippen LogP contribution in [0.25, 0.3) is 11.0 Å². The summed E-state index contributed by atoms with van der Waals surface area (Å²) in [5.74, 6) is -0.903. The molecule has 1 aromatic heterocycles. The van der Waals surface area contributed by atoms with Crippen LogP contribution in [0.2, 0.25) is 0 Å². The Labute approximate surface area is 128 Å². The summed E-state index contributed by atoms with van der Waals surface area (Å²) in [5, 5.41) is 2.33. The van der Waals surface area contributed by atoms with Crippen molar-refractivity contribution in [2.45, 2.75) is 19.4 Å². The van der Waals surface area contributed by atoms with Crippen molar-refractivity contribution in [2.75, 3.05) is 0 Å². The van der Waals surface area contributed by atoms with Gasteiger partial charge in [-0.3, -0.25) is 24.0 Å². The van der Waals surface area contributed by atoms with Gasteiger partial charge in [0, 0.05) is 24.5 Å². The Kier molecular flexibility index (Phi) is 3.44. The lowest BCUT2D eigenvalue weighted by Gasteiger charge is -2.20. The van der Waals surface area contributed by atoms with E-state index in [0.29, 0.717) is 12.8 Å². The third-order valence-corrected chi connectivity index (χ3v) is 4.51. The van der Waals surface area contributed by atoms with Crippen molar-refractivity contribution < 1.29 is 9.59 Å². The molecule has 3 rings (SSSR count). The molecule has 6 nitrogen and oxygen atoms in total. The number of carbonyl (C=O) groups is 2. The number of carbonyl (C=O) groups excluding carboxylic acids is 2. The number of hydrogen-bond donors (Lipinski definition) is 1. The number of aromatic nitrogens is 2. The van der Waals surface area contributed by atoms with Crippen LogP contribution in [0.5, 0.6) is 0 Å². The lowest BCUT2D eigenvalue weighted by atomic mass is 9.98. The first-order valence-electron chi connectivity index (χ1n) is 6.66. The Morgan fingerprint density at radius 2 is 2.10 bits per heavy atom. The van der Waals surface area contributed by atoms with Crippen LogP contribution < -0.4 is 11.0 Å². The van der Waals surface area contributed by atoms with E-state index in [-0.39, 0.29) is 30.0 Å². The van der Waals surface area contributed by atoms with E-state index < -0.39 is 0 Å². The summed E-state index contributed by atoms with van der Waals surface area (Å²) >= 11 is 3.44. The van der Waals surface area contributed by atoms with Gasteiger partial charge >= 0.3 is 5.69 Å². The molecule has 1 aliphatic heterocycles. The van der Waals surface area contributed by atoms with Gasteiger partial charge in [-0.15, -0.1) is 0 Å². The number of fused-ring (bicyclic) bond motifs is 1. The molecule has 2 amide bonds. The second-order valence-electron chi connectivity index (χ2n) is 5.21. The maximum atomic E-state index is 12.4. The van der Waals surface area contributed by atoms with E-state index in [9.17, 15) is 14.4 Å². The molecule has 1 fully saturated rings. The first-order chi connectivity index (χ1) is 9.99. The van der Waals surface area contributed by atoms with Gasteiger partial charge in [-0.05, 0) is 34.5 Å². The minimum absolute atomic E-state index is 0.165. The fourth-order valence-electron chi connectivity index (χ4n) is 2.74. The number of hydrogen-bond acceptors (Lipinski definition) is 3. The molecule has 0 saturated carbocycles. The first-order valence-corrected chi connectivity index (χ1v) is 7.45. The Morgan fingerprint density at radius 3 is 2.81 bits per heavy atom. The zero-order valence-electron chi connectivity index (χ0n) is 11.4. The molecular formula is C14H14BrN3O3. The molecule has 21 heavy (non-hydrogen) atoms. The van der Waals surface area contributed by atoms with Gasteiger partial charge in [0.05, 0.1) is 17.0 Å². The van der Waals surface area contributed by atoms with Crippen LogP contribution in [0.3, 0.4) is 0 Å². The molecule has 110 valence electrons. The normalized spacial score (nSPS) is 19.0. The highest BCUT2D eigenvalue weighted by Crippen LogP contribution is 2.24. The topological polar surface area (TPSA) is 73.1 Å². The number of imide groups is 1. The highest BCUT2D eigenvalue weighted by Gasteiger charge is 2.28. The standard InChI is InChI=1S/C14H14BrN3O3/c1-17-12-9(15)3-2-4-10(12)18(14(17)21)7-8-5-6-11(19)16-13(8)20/h2-4,8H,5-7H2,1H3,(H,16,19,20). The first kappa shape index (κ1) is 14.1. The van der Waals surface area contributed by atoms with Crippen LogP contribution >= 0.6 is 15.9 Å². The molecule has 0 spiro atoms. The summed E-state index contributed by atoms with van der Waals surface area (Å²) in [7, 11) is 1.70. The highest BCUT2D eigenvalue weighted by atomic mass is 79.9. The van der Waals surface area contributed by atoms with E-state index in [0.717, 1.165) is 15.5 Å². The maximum absolute atomic E-state index is 12.4. The Morgan fingerprint density at radius 1 is 1.33 bits per heavy atom. The van der Waals surface area contributed by atoms with E-state index >= 15 is 0 Å². The third kappa shape index (κ3) is 2.31. The average Bonchev–Trinajstić information content (AvgIpc) is 2.68. The zero-order chi connectivity index (χ0) is 15.1. The average molecular weight is 352 g/mol. The van der Waals surface area contributed by atoms with Crippen molar-refractivity contribution in [1.82, 2.24) is 14.5 Å². The maximum Gasteiger partial charge on any atom is 0.328 e. The summed E-state index contributed by atoms with van der Waals surface area (Å²) in [6.45, 7) is 0.283. The summed E-state index contributed by atoms with van der Waals surface area (Å²) in [5.41, 5.74) is 1.41. The molecule has 2 heterocycles. The molecule has 1 aliphatic rings. The van der Waals surface area contributed by atoms with Crippen molar-refractivity contribution in [3.05, 3.63) is 33.2 Å². The van der Waals surface area contributed by atoms with E-state index in [1.54, 1.807) is 16.2 Å². The number of para-hydroxylation sites is 1. The van der Waals surface area contributed by atoms with Gasteiger partial charge in [-0.25, -0.2) is 4.79 Å². The fourth-order valence-corrected chi connectivity index (χ4v) is 3.36. The number of benzene rings is 1. The Bertz CT molecular complexity index is 806. The molecule has 0 bridgehead atoms. The van der Waals surface area contributed by atoms with E-state index in [1.807, 2.05) is 18.2 Å².